The summed E-state index contributed by atoms with van der Waals surface area (Å²) in [5, 5.41) is 11.3. The van der Waals surface area contributed by atoms with Gasteiger partial charge in [0.05, 0.1) is 6.04 Å². The van der Waals surface area contributed by atoms with E-state index in [9.17, 15) is 14.0 Å². The van der Waals surface area contributed by atoms with Crippen LogP contribution < -0.4 is 5.32 Å². The van der Waals surface area contributed by atoms with Crippen LogP contribution in [0.2, 0.25) is 0 Å². The monoisotopic (exact) mass is 277 g/mol. The van der Waals surface area contributed by atoms with Crippen molar-refractivity contribution in [1.29, 1.82) is 0 Å². The van der Waals surface area contributed by atoms with E-state index in [1.807, 2.05) is 0 Å². The number of carboxylic acids is 1. The average molecular weight is 277 g/mol. The van der Waals surface area contributed by atoms with E-state index in [2.05, 4.69) is 5.32 Å². The molecule has 6 heteroatoms. The number of benzene rings is 1. The molecule has 2 rings (SSSR count). The van der Waals surface area contributed by atoms with E-state index in [0.717, 1.165) is 5.56 Å². The molecule has 5 nitrogen and oxygen atoms in total. The smallest absolute Gasteiger partial charge is 0.371 e. The molecule has 0 fully saturated rings. The number of rotatable bonds is 4. The maximum atomic E-state index is 12.8. The number of amides is 1. The molecule has 104 valence electrons. The third-order valence-electron chi connectivity index (χ3n) is 2.76. The second-order valence-corrected chi connectivity index (χ2v) is 4.22. The fourth-order valence-corrected chi connectivity index (χ4v) is 1.68. The molecule has 0 spiro atoms. The lowest BCUT2D eigenvalue weighted by atomic mass is 10.1. The van der Waals surface area contributed by atoms with Gasteiger partial charge in [0.1, 0.15) is 5.82 Å². The first-order valence-electron chi connectivity index (χ1n) is 5.87. The van der Waals surface area contributed by atoms with Crippen LogP contribution in [0.25, 0.3) is 0 Å². The van der Waals surface area contributed by atoms with Crippen molar-refractivity contribution >= 4 is 11.9 Å². The molecule has 0 unspecified atom stereocenters. The molecule has 1 amide bonds. The fourth-order valence-electron chi connectivity index (χ4n) is 1.68. The van der Waals surface area contributed by atoms with Crippen molar-refractivity contribution in [3.05, 3.63) is 59.3 Å². The topological polar surface area (TPSA) is 79.5 Å². The van der Waals surface area contributed by atoms with Crippen molar-refractivity contribution in [2.75, 3.05) is 0 Å². The van der Waals surface area contributed by atoms with Crippen LogP contribution in [0.3, 0.4) is 0 Å². The van der Waals surface area contributed by atoms with Gasteiger partial charge in [-0.2, -0.15) is 0 Å². The third-order valence-corrected chi connectivity index (χ3v) is 2.76. The van der Waals surface area contributed by atoms with Crippen LogP contribution in [0.1, 0.15) is 39.6 Å². The Morgan fingerprint density at radius 1 is 1.15 bits per heavy atom. The number of carbonyl (C=O) groups excluding carboxylic acids is 1. The average Bonchev–Trinajstić information content (AvgIpc) is 2.89. The Bertz CT molecular complexity index is 633. The molecule has 1 aromatic heterocycles. The first-order valence-corrected chi connectivity index (χ1v) is 5.87. The molecular weight excluding hydrogens is 265 g/mol. The van der Waals surface area contributed by atoms with Gasteiger partial charge in [0.25, 0.3) is 5.91 Å². The SMILES string of the molecule is C[C@@H](NC(=O)c1ccc(C(=O)O)o1)c1ccc(F)cc1. The lowest BCUT2D eigenvalue weighted by Gasteiger charge is -2.13. The van der Waals surface area contributed by atoms with Crippen LogP contribution in [-0.2, 0) is 0 Å². The molecule has 2 aromatic rings. The number of halogens is 1. The normalized spacial score (nSPS) is 11.9. The van der Waals surface area contributed by atoms with Gasteiger partial charge in [0.2, 0.25) is 5.76 Å². The minimum absolute atomic E-state index is 0.0867. The van der Waals surface area contributed by atoms with Gasteiger partial charge in [-0.3, -0.25) is 4.79 Å². The molecule has 0 aliphatic rings. The quantitative estimate of drug-likeness (QED) is 0.900. The second kappa shape index (κ2) is 5.56. The molecule has 0 radical (unpaired) electrons. The summed E-state index contributed by atoms with van der Waals surface area (Å²) in [7, 11) is 0. The van der Waals surface area contributed by atoms with Gasteiger partial charge >= 0.3 is 5.97 Å². The van der Waals surface area contributed by atoms with Gasteiger partial charge < -0.3 is 14.8 Å². The van der Waals surface area contributed by atoms with E-state index in [0.29, 0.717) is 0 Å². The maximum Gasteiger partial charge on any atom is 0.371 e. The highest BCUT2D eigenvalue weighted by molar-refractivity contribution is 5.93. The van der Waals surface area contributed by atoms with E-state index in [1.54, 1.807) is 19.1 Å². The van der Waals surface area contributed by atoms with E-state index in [4.69, 9.17) is 9.52 Å². The molecule has 0 aliphatic carbocycles. The van der Waals surface area contributed by atoms with Crippen molar-refractivity contribution in [3.63, 3.8) is 0 Å². The highest BCUT2D eigenvalue weighted by Gasteiger charge is 2.17. The van der Waals surface area contributed by atoms with Gasteiger partial charge in [-0.15, -0.1) is 0 Å². The lowest BCUT2D eigenvalue weighted by Crippen LogP contribution is -2.26. The van der Waals surface area contributed by atoms with Crippen LogP contribution in [0, 0.1) is 5.82 Å². The van der Waals surface area contributed by atoms with Crippen LogP contribution in [0.5, 0.6) is 0 Å². The summed E-state index contributed by atoms with van der Waals surface area (Å²) in [6.45, 7) is 1.73. The number of furan rings is 1. The van der Waals surface area contributed by atoms with E-state index in [-0.39, 0.29) is 23.4 Å². The van der Waals surface area contributed by atoms with Crippen molar-refractivity contribution in [3.8, 4) is 0 Å². The summed E-state index contributed by atoms with van der Waals surface area (Å²) in [6, 6.07) is 7.86. The van der Waals surface area contributed by atoms with Crippen molar-refractivity contribution in [1.82, 2.24) is 5.32 Å². The molecule has 0 saturated carbocycles. The summed E-state index contributed by atoms with van der Waals surface area (Å²) in [5.41, 5.74) is 0.727. The van der Waals surface area contributed by atoms with Crippen LogP contribution in [0.4, 0.5) is 4.39 Å². The first kappa shape index (κ1) is 13.8. The second-order valence-electron chi connectivity index (χ2n) is 4.22. The van der Waals surface area contributed by atoms with Crippen LogP contribution in [0.15, 0.2) is 40.8 Å². The molecule has 0 aliphatic heterocycles. The number of carboxylic acid groups (broad SMARTS) is 1. The number of nitrogens with one attached hydrogen (secondary N) is 1. The number of hydrogen-bond acceptors (Lipinski definition) is 3. The Kier molecular flexibility index (Phi) is 3.84. The van der Waals surface area contributed by atoms with Crippen LogP contribution >= 0.6 is 0 Å². The van der Waals surface area contributed by atoms with Crippen molar-refractivity contribution < 1.29 is 23.5 Å². The zero-order valence-electron chi connectivity index (χ0n) is 10.6. The largest absolute Gasteiger partial charge is 0.475 e. The number of carbonyl (C=O) groups is 2. The Morgan fingerprint density at radius 3 is 2.30 bits per heavy atom. The Morgan fingerprint density at radius 2 is 1.75 bits per heavy atom. The maximum absolute atomic E-state index is 12.8. The minimum Gasteiger partial charge on any atom is -0.475 e. The molecule has 1 aromatic carbocycles. The van der Waals surface area contributed by atoms with Gasteiger partial charge in [0.15, 0.2) is 5.76 Å². The van der Waals surface area contributed by atoms with E-state index in [1.165, 1.54) is 24.3 Å². The Balaban J connectivity index is 2.06. The van der Waals surface area contributed by atoms with Gasteiger partial charge in [-0.05, 0) is 36.8 Å². The highest BCUT2D eigenvalue weighted by Crippen LogP contribution is 2.15. The number of aromatic carboxylic acids is 1. The van der Waals surface area contributed by atoms with Crippen molar-refractivity contribution in [2.24, 2.45) is 0 Å². The summed E-state index contributed by atoms with van der Waals surface area (Å²) in [5.74, 6) is -2.52. The minimum atomic E-state index is -1.24. The van der Waals surface area contributed by atoms with Gasteiger partial charge in [0, 0.05) is 0 Å². The van der Waals surface area contributed by atoms with Gasteiger partial charge in [-0.25, -0.2) is 9.18 Å². The fraction of sp³-hybridized carbons (Fsp3) is 0.143. The standard InChI is InChI=1S/C14H12FNO4/c1-8(9-2-4-10(15)5-3-9)16-13(17)11-6-7-12(20-11)14(18)19/h2-8H,1H3,(H,16,17)(H,18,19)/t8-/m1/s1. The Labute approximate surface area is 114 Å². The zero-order valence-corrected chi connectivity index (χ0v) is 10.6. The number of hydrogen-bond donors (Lipinski definition) is 2. The summed E-state index contributed by atoms with van der Waals surface area (Å²) in [6.07, 6.45) is 0. The molecule has 1 atom stereocenters. The van der Waals surface area contributed by atoms with Crippen LogP contribution in [-0.4, -0.2) is 17.0 Å². The zero-order chi connectivity index (χ0) is 14.7. The van der Waals surface area contributed by atoms with E-state index >= 15 is 0 Å². The molecule has 20 heavy (non-hydrogen) atoms. The molecular formula is C14H12FNO4. The predicted molar refractivity (Wildman–Crippen MR) is 67.9 cm³/mol. The lowest BCUT2D eigenvalue weighted by molar-refractivity contribution is 0.0659. The summed E-state index contributed by atoms with van der Waals surface area (Å²) < 4.78 is 17.7. The highest BCUT2D eigenvalue weighted by atomic mass is 19.1. The third kappa shape index (κ3) is 3.03. The van der Waals surface area contributed by atoms with Gasteiger partial charge in [-0.1, -0.05) is 12.1 Å². The molecule has 0 bridgehead atoms. The molecule has 1 heterocycles. The Hall–Kier alpha value is -2.63. The molecule has 2 N–H and O–H groups in total. The van der Waals surface area contributed by atoms with Crippen molar-refractivity contribution in [2.45, 2.75) is 13.0 Å². The summed E-state index contributed by atoms with van der Waals surface area (Å²) in [4.78, 5) is 22.5. The molecule has 0 saturated heterocycles. The summed E-state index contributed by atoms with van der Waals surface area (Å²) >= 11 is 0. The first-order chi connectivity index (χ1) is 9.47. The predicted octanol–water partition coefficient (Wildman–Crippen LogP) is 2.61. The van der Waals surface area contributed by atoms with E-state index < -0.39 is 11.9 Å².